The standard InChI is InChI=1S/C13H26N4/c1-7-11-15-12(8-2)17(16-11)10(3)9-14-13(4,5)6/h10,14H,7-9H2,1-6H3. The van der Waals surface area contributed by atoms with Crippen molar-refractivity contribution in [1.29, 1.82) is 0 Å². The van der Waals surface area contributed by atoms with E-state index in [0.717, 1.165) is 31.0 Å². The first-order valence-electron chi connectivity index (χ1n) is 6.56. The zero-order valence-electron chi connectivity index (χ0n) is 12.0. The minimum atomic E-state index is 0.148. The molecule has 4 heteroatoms. The summed E-state index contributed by atoms with van der Waals surface area (Å²) in [6.45, 7) is 13.9. The molecule has 0 amide bonds. The van der Waals surface area contributed by atoms with Gasteiger partial charge in [-0.05, 0) is 27.7 Å². The summed E-state index contributed by atoms with van der Waals surface area (Å²) in [5.74, 6) is 2.04. The van der Waals surface area contributed by atoms with Crippen LogP contribution in [-0.2, 0) is 12.8 Å². The average Bonchev–Trinajstić information content (AvgIpc) is 2.68. The molecule has 17 heavy (non-hydrogen) atoms. The van der Waals surface area contributed by atoms with Crippen LogP contribution in [0.3, 0.4) is 0 Å². The zero-order chi connectivity index (χ0) is 13.1. The molecule has 0 saturated heterocycles. The predicted molar refractivity (Wildman–Crippen MR) is 71.2 cm³/mol. The van der Waals surface area contributed by atoms with Gasteiger partial charge in [-0.1, -0.05) is 13.8 Å². The summed E-state index contributed by atoms with van der Waals surface area (Å²) in [5.41, 5.74) is 0.148. The number of nitrogens with one attached hydrogen (secondary N) is 1. The van der Waals surface area contributed by atoms with Crippen LogP contribution >= 0.6 is 0 Å². The molecule has 0 aromatic carbocycles. The van der Waals surface area contributed by atoms with Crippen LogP contribution in [0.5, 0.6) is 0 Å². The molecular formula is C13H26N4. The zero-order valence-corrected chi connectivity index (χ0v) is 12.0. The molecule has 0 fully saturated rings. The first-order chi connectivity index (χ1) is 7.87. The van der Waals surface area contributed by atoms with Crippen molar-refractivity contribution < 1.29 is 0 Å². The molecule has 0 aliphatic rings. The van der Waals surface area contributed by atoms with Gasteiger partial charge in [0.25, 0.3) is 0 Å². The quantitative estimate of drug-likeness (QED) is 0.856. The lowest BCUT2D eigenvalue weighted by Crippen LogP contribution is -2.39. The van der Waals surface area contributed by atoms with E-state index in [1.54, 1.807) is 0 Å². The Hall–Kier alpha value is -0.900. The van der Waals surface area contributed by atoms with Gasteiger partial charge in [-0.15, -0.1) is 0 Å². The highest BCUT2D eigenvalue weighted by Crippen LogP contribution is 2.10. The highest BCUT2D eigenvalue weighted by atomic mass is 15.4. The molecule has 1 N–H and O–H groups in total. The fourth-order valence-electron chi connectivity index (χ4n) is 1.69. The van der Waals surface area contributed by atoms with E-state index in [2.05, 4.69) is 61.6 Å². The van der Waals surface area contributed by atoms with Gasteiger partial charge in [0.2, 0.25) is 0 Å². The van der Waals surface area contributed by atoms with Gasteiger partial charge in [-0.25, -0.2) is 9.67 Å². The normalized spacial score (nSPS) is 14.0. The largest absolute Gasteiger partial charge is 0.310 e. The summed E-state index contributed by atoms with van der Waals surface area (Å²) >= 11 is 0. The molecule has 0 bridgehead atoms. The van der Waals surface area contributed by atoms with Crippen molar-refractivity contribution in [2.24, 2.45) is 0 Å². The van der Waals surface area contributed by atoms with Crippen LogP contribution in [0.1, 0.15) is 59.2 Å². The van der Waals surface area contributed by atoms with Crippen LogP contribution in [0.4, 0.5) is 0 Å². The lowest BCUT2D eigenvalue weighted by molar-refractivity contribution is 0.359. The molecule has 1 aromatic rings. The van der Waals surface area contributed by atoms with Gasteiger partial charge in [0, 0.05) is 24.9 Å². The summed E-state index contributed by atoms with van der Waals surface area (Å²) in [6.07, 6.45) is 1.84. The second kappa shape index (κ2) is 5.63. The molecule has 0 aliphatic heterocycles. The highest BCUT2D eigenvalue weighted by Gasteiger charge is 2.16. The van der Waals surface area contributed by atoms with Crippen LogP contribution in [0.25, 0.3) is 0 Å². The van der Waals surface area contributed by atoms with Crippen LogP contribution < -0.4 is 5.32 Å². The van der Waals surface area contributed by atoms with E-state index in [1.165, 1.54) is 0 Å². The van der Waals surface area contributed by atoms with Gasteiger partial charge in [-0.2, -0.15) is 5.10 Å². The van der Waals surface area contributed by atoms with Crippen molar-refractivity contribution in [3.63, 3.8) is 0 Å². The van der Waals surface area contributed by atoms with Crippen LogP contribution in [0, 0.1) is 0 Å². The maximum Gasteiger partial charge on any atom is 0.150 e. The van der Waals surface area contributed by atoms with E-state index in [-0.39, 0.29) is 5.54 Å². The Kier molecular flexibility index (Phi) is 4.69. The Morgan fingerprint density at radius 1 is 1.24 bits per heavy atom. The van der Waals surface area contributed by atoms with Crippen molar-refractivity contribution in [3.05, 3.63) is 11.6 Å². The maximum atomic E-state index is 4.57. The topological polar surface area (TPSA) is 42.7 Å². The number of aryl methyl sites for hydroxylation is 2. The molecule has 98 valence electrons. The molecule has 0 aliphatic carbocycles. The lowest BCUT2D eigenvalue weighted by Gasteiger charge is -2.24. The molecule has 0 saturated carbocycles. The summed E-state index contributed by atoms with van der Waals surface area (Å²) < 4.78 is 2.07. The Balaban J connectivity index is 2.73. The van der Waals surface area contributed by atoms with Gasteiger partial charge in [0.05, 0.1) is 6.04 Å². The van der Waals surface area contributed by atoms with E-state index < -0.39 is 0 Å². The minimum Gasteiger partial charge on any atom is -0.310 e. The average molecular weight is 238 g/mol. The van der Waals surface area contributed by atoms with Gasteiger partial charge >= 0.3 is 0 Å². The van der Waals surface area contributed by atoms with Gasteiger partial charge in [0.15, 0.2) is 5.82 Å². The Bertz CT molecular complexity index is 349. The fourth-order valence-corrected chi connectivity index (χ4v) is 1.69. The number of aromatic nitrogens is 3. The van der Waals surface area contributed by atoms with Gasteiger partial charge in [0.1, 0.15) is 5.82 Å². The van der Waals surface area contributed by atoms with Crippen molar-refractivity contribution in [2.75, 3.05) is 6.54 Å². The second-order valence-electron chi connectivity index (χ2n) is 5.58. The molecule has 1 atom stereocenters. The third kappa shape index (κ3) is 4.11. The lowest BCUT2D eigenvalue weighted by atomic mass is 10.1. The van der Waals surface area contributed by atoms with E-state index in [1.807, 2.05) is 0 Å². The summed E-state index contributed by atoms with van der Waals surface area (Å²) in [5, 5.41) is 8.08. The monoisotopic (exact) mass is 238 g/mol. The van der Waals surface area contributed by atoms with Crippen molar-refractivity contribution in [1.82, 2.24) is 20.1 Å². The molecule has 1 unspecified atom stereocenters. The van der Waals surface area contributed by atoms with E-state index in [4.69, 9.17) is 0 Å². The molecular weight excluding hydrogens is 212 g/mol. The summed E-state index contributed by atoms with van der Waals surface area (Å²) in [6, 6.07) is 0.344. The number of hydrogen-bond acceptors (Lipinski definition) is 3. The number of hydrogen-bond donors (Lipinski definition) is 1. The maximum absolute atomic E-state index is 4.57. The van der Waals surface area contributed by atoms with Crippen molar-refractivity contribution in [3.8, 4) is 0 Å². The van der Waals surface area contributed by atoms with Crippen LogP contribution in [0.15, 0.2) is 0 Å². The molecule has 1 aromatic heterocycles. The Labute approximate surface area is 105 Å². The third-order valence-corrected chi connectivity index (χ3v) is 2.72. The smallest absolute Gasteiger partial charge is 0.150 e. The Morgan fingerprint density at radius 2 is 1.88 bits per heavy atom. The first kappa shape index (κ1) is 14.2. The van der Waals surface area contributed by atoms with Crippen molar-refractivity contribution in [2.45, 2.75) is 66.0 Å². The summed E-state index contributed by atoms with van der Waals surface area (Å²) in [4.78, 5) is 4.54. The van der Waals surface area contributed by atoms with Gasteiger partial charge in [-0.3, -0.25) is 0 Å². The molecule has 1 rings (SSSR count). The Morgan fingerprint density at radius 3 is 2.35 bits per heavy atom. The van der Waals surface area contributed by atoms with E-state index >= 15 is 0 Å². The van der Waals surface area contributed by atoms with Crippen LogP contribution in [0.2, 0.25) is 0 Å². The van der Waals surface area contributed by atoms with Crippen LogP contribution in [-0.4, -0.2) is 26.8 Å². The molecule has 0 spiro atoms. The molecule has 1 heterocycles. The van der Waals surface area contributed by atoms with Gasteiger partial charge < -0.3 is 5.32 Å². The third-order valence-electron chi connectivity index (χ3n) is 2.72. The predicted octanol–water partition coefficient (Wildman–Crippen LogP) is 2.35. The summed E-state index contributed by atoms with van der Waals surface area (Å²) in [7, 11) is 0. The molecule has 0 radical (unpaired) electrons. The van der Waals surface area contributed by atoms with E-state index in [0.29, 0.717) is 6.04 Å². The highest BCUT2D eigenvalue weighted by molar-refractivity contribution is 4.94. The SMILES string of the molecule is CCc1nc(CC)n(C(C)CNC(C)(C)C)n1. The number of nitrogens with zero attached hydrogens (tertiary/aromatic N) is 3. The number of rotatable bonds is 5. The van der Waals surface area contributed by atoms with Crippen molar-refractivity contribution >= 4 is 0 Å². The first-order valence-corrected chi connectivity index (χ1v) is 6.56. The fraction of sp³-hybridized carbons (Fsp3) is 0.846. The van der Waals surface area contributed by atoms with E-state index in [9.17, 15) is 0 Å². The second-order valence-corrected chi connectivity index (χ2v) is 5.58. The molecule has 4 nitrogen and oxygen atoms in total. The minimum absolute atomic E-state index is 0.148.